The van der Waals surface area contributed by atoms with E-state index in [-0.39, 0.29) is 5.91 Å². The Morgan fingerprint density at radius 1 is 1.41 bits per heavy atom. The summed E-state index contributed by atoms with van der Waals surface area (Å²) >= 11 is 13.3. The van der Waals surface area contributed by atoms with Gasteiger partial charge in [0.2, 0.25) is 0 Å². The Bertz CT molecular complexity index is 737. The number of nitriles is 1. The number of carbonyl (C=O) groups excluding carboxylic acids is 1. The quantitative estimate of drug-likeness (QED) is 0.829. The minimum absolute atomic E-state index is 0.187. The van der Waals surface area contributed by atoms with Crippen molar-refractivity contribution in [2.75, 3.05) is 5.75 Å². The molecule has 0 aliphatic rings. The van der Waals surface area contributed by atoms with E-state index in [1.807, 2.05) is 6.07 Å². The first kappa shape index (κ1) is 16.8. The Kier molecular flexibility index (Phi) is 5.78. The molecule has 2 aromatic rings. The van der Waals surface area contributed by atoms with Crippen molar-refractivity contribution in [2.45, 2.75) is 11.4 Å². The van der Waals surface area contributed by atoms with Crippen LogP contribution in [-0.4, -0.2) is 16.2 Å². The summed E-state index contributed by atoms with van der Waals surface area (Å²) in [6.07, 6.45) is 0. The van der Waals surface area contributed by atoms with E-state index in [0.717, 1.165) is 10.6 Å². The van der Waals surface area contributed by atoms with Gasteiger partial charge in [-0.2, -0.15) is 5.26 Å². The van der Waals surface area contributed by atoms with Crippen molar-refractivity contribution in [2.24, 2.45) is 7.05 Å². The Hall–Kier alpha value is -1.61. The fourth-order valence-electron chi connectivity index (χ4n) is 1.87. The zero-order chi connectivity index (χ0) is 16.1. The fourth-order valence-corrected chi connectivity index (χ4v) is 2.91. The molecule has 0 saturated heterocycles. The summed E-state index contributed by atoms with van der Waals surface area (Å²) < 4.78 is 1.73. The van der Waals surface area contributed by atoms with Crippen LogP contribution in [0.15, 0.2) is 35.2 Å². The third-order valence-electron chi connectivity index (χ3n) is 3.05. The molecule has 0 aliphatic carbocycles. The van der Waals surface area contributed by atoms with Gasteiger partial charge in [-0.25, -0.2) is 0 Å². The minimum Gasteiger partial charge on any atom is -0.346 e. The molecule has 1 amide bonds. The lowest BCUT2D eigenvalue weighted by Gasteiger charge is -2.08. The van der Waals surface area contributed by atoms with Crippen molar-refractivity contribution in [3.8, 4) is 6.07 Å². The van der Waals surface area contributed by atoms with Gasteiger partial charge in [-0.15, -0.1) is 11.8 Å². The number of halogens is 2. The van der Waals surface area contributed by atoms with Crippen molar-refractivity contribution < 1.29 is 4.79 Å². The van der Waals surface area contributed by atoms with Gasteiger partial charge in [-0.05, 0) is 24.3 Å². The molecule has 4 nitrogen and oxygen atoms in total. The molecule has 0 saturated carbocycles. The normalized spacial score (nSPS) is 10.3. The van der Waals surface area contributed by atoms with Crippen molar-refractivity contribution in [3.63, 3.8) is 0 Å². The largest absolute Gasteiger partial charge is 0.346 e. The summed E-state index contributed by atoms with van der Waals surface area (Å²) in [5.74, 6) is 0.165. The predicted molar refractivity (Wildman–Crippen MR) is 89.4 cm³/mol. The first-order chi connectivity index (χ1) is 10.5. The number of thioether (sulfide) groups is 1. The highest BCUT2D eigenvalue weighted by Crippen LogP contribution is 2.25. The van der Waals surface area contributed by atoms with E-state index in [1.165, 1.54) is 11.8 Å². The fraction of sp³-hybridized carbons (Fsp3) is 0.200. The number of hydrogen-bond acceptors (Lipinski definition) is 3. The molecule has 0 bridgehead atoms. The number of nitrogens with one attached hydrogen (secondary N) is 1. The summed E-state index contributed by atoms with van der Waals surface area (Å²) in [5.41, 5.74) is 1.37. The smallest absolute Gasteiger partial charge is 0.251 e. The molecular weight excluding hydrogens is 341 g/mol. The van der Waals surface area contributed by atoms with Crippen LogP contribution in [0.1, 0.15) is 16.1 Å². The number of carbonyl (C=O) groups is 1. The van der Waals surface area contributed by atoms with Gasteiger partial charge in [0, 0.05) is 23.2 Å². The van der Waals surface area contributed by atoms with Crippen molar-refractivity contribution in [1.82, 2.24) is 9.88 Å². The van der Waals surface area contributed by atoms with E-state index in [2.05, 4.69) is 11.4 Å². The SMILES string of the molecule is Cn1c(CNC(=O)c2cccc(SCC#N)c2)cc(Cl)c1Cl. The van der Waals surface area contributed by atoms with Gasteiger partial charge in [-0.1, -0.05) is 29.3 Å². The Morgan fingerprint density at radius 2 is 2.18 bits per heavy atom. The van der Waals surface area contributed by atoms with Gasteiger partial charge in [0.15, 0.2) is 0 Å². The van der Waals surface area contributed by atoms with Crippen molar-refractivity contribution in [1.29, 1.82) is 5.26 Å². The molecule has 7 heteroatoms. The van der Waals surface area contributed by atoms with Crippen LogP contribution in [0.5, 0.6) is 0 Å². The average Bonchev–Trinajstić information content (AvgIpc) is 2.78. The van der Waals surface area contributed by atoms with Crippen LogP contribution in [0, 0.1) is 11.3 Å². The lowest BCUT2D eigenvalue weighted by molar-refractivity contribution is 0.0950. The minimum atomic E-state index is -0.187. The molecule has 0 unspecified atom stereocenters. The molecule has 2 rings (SSSR count). The first-order valence-corrected chi connectivity index (χ1v) is 8.14. The molecule has 0 atom stereocenters. The monoisotopic (exact) mass is 353 g/mol. The van der Waals surface area contributed by atoms with E-state index in [1.54, 1.807) is 35.9 Å². The zero-order valence-corrected chi connectivity index (χ0v) is 14.1. The lowest BCUT2D eigenvalue weighted by atomic mass is 10.2. The summed E-state index contributed by atoms with van der Waals surface area (Å²) in [5, 5.41) is 12.3. The molecular formula is C15H13Cl2N3OS. The second kappa shape index (κ2) is 7.59. The van der Waals surface area contributed by atoms with Gasteiger partial charge in [-0.3, -0.25) is 4.79 Å². The van der Waals surface area contributed by atoms with E-state index >= 15 is 0 Å². The summed E-state index contributed by atoms with van der Waals surface area (Å²) in [6.45, 7) is 0.331. The number of rotatable bonds is 5. The average molecular weight is 354 g/mol. The number of benzene rings is 1. The van der Waals surface area contributed by atoms with Crippen LogP contribution in [0.2, 0.25) is 10.2 Å². The molecule has 0 spiro atoms. The molecule has 1 aromatic carbocycles. The van der Waals surface area contributed by atoms with E-state index in [0.29, 0.717) is 28.0 Å². The molecule has 1 N–H and O–H groups in total. The van der Waals surface area contributed by atoms with E-state index in [4.69, 9.17) is 28.5 Å². The molecule has 114 valence electrons. The Labute approximate surface area is 143 Å². The maximum absolute atomic E-state index is 12.2. The second-order valence-corrected chi connectivity index (χ2v) is 6.30. The van der Waals surface area contributed by atoms with Crippen molar-refractivity contribution in [3.05, 3.63) is 51.8 Å². The van der Waals surface area contributed by atoms with Gasteiger partial charge in [0.25, 0.3) is 5.91 Å². The zero-order valence-electron chi connectivity index (χ0n) is 11.8. The molecule has 1 heterocycles. The van der Waals surface area contributed by atoms with Gasteiger partial charge < -0.3 is 9.88 Å². The topological polar surface area (TPSA) is 57.8 Å². The Balaban J connectivity index is 2.03. The molecule has 1 aromatic heterocycles. The first-order valence-electron chi connectivity index (χ1n) is 6.40. The standard InChI is InChI=1S/C15H13Cl2N3OS/c1-20-11(8-13(16)14(20)17)9-19-15(21)10-3-2-4-12(7-10)22-6-5-18/h2-4,7-8H,6,9H2,1H3,(H,19,21). The molecule has 0 radical (unpaired) electrons. The lowest BCUT2D eigenvalue weighted by Crippen LogP contribution is -2.23. The second-order valence-electron chi connectivity index (χ2n) is 4.49. The highest BCUT2D eigenvalue weighted by atomic mass is 35.5. The Morgan fingerprint density at radius 3 is 2.82 bits per heavy atom. The summed E-state index contributed by atoms with van der Waals surface area (Å²) in [6, 6.07) is 11.0. The highest BCUT2D eigenvalue weighted by molar-refractivity contribution is 7.99. The molecule has 0 fully saturated rings. The number of aromatic nitrogens is 1. The molecule has 0 aliphatic heterocycles. The van der Waals surface area contributed by atoms with Crippen LogP contribution >= 0.6 is 35.0 Å². The maximum atomic E-state index is 12.2. The summed E-state index contributed by atoms with van der Waals surface area (Å²) in [4.78, 5) is 13.1. The number of nitrogens with zero attached hydrogens (tertiary/aromatic N) is 2. The van der Waals surface area contributed by atoms with Gasteiger partial charge >= 0.3 is 0 Å². The highest BCUT2D eigenvalue weighted by Gasteiger charge is 2.11. The summed E-state index contributed by atoms with van der Waals surface area (Å²) in [7, 11) is 1.79. The maximum Gasteiger partial charge on any atom is 0.251 e. The van der Waals surface area contributed by atoms with Crippen LogP contribution in [-0.2, 0) is 13.6 Å². The predicted octanol–water partition coefficient (Wildman–Crippen LogP) is 3.88. The van der Waals surface area contributed by atoms with Crippen LogP contribution in [0.4, 0.5) is 0 Å². The van der Waals surface area contributed by atoms with Gasteiger partial charge in [0.05, 0.1) is 23.4 Å². The van der Waals surface area contributed by atoms with Crippen LogP contribution in [0.3, 0.4) is 0 Å². The number of hydrogen-bond donors (Lipinski definition) is 1. The van der Waals surface area contributed by atoms with Crippen LogP contribution in [0.25, 0.3) is 0 Å². The van der Waals surface area contributed by atoms with Crippen molar-refractivity contribution >= 4 is 40.9 Å². The third kappa shape index (κ3) is 3.98. The number of amides is 1. The molecule has 22 heavy (non-hydrogen) atoms. The van der Waals surface area contributed by atoms with E-state index < -0.39 is 0 Å². The third-order valence-corrected chi connectivity index (χ3v) is 4.75. The van der Waals surface area contributed by atoms with Gasteiger partial charge in [0.1, 0.15) is 5.15 Å². The van der Waals surface area contributed by atoms with E-state index in [9.17, 15) is 4.79 Å². The van der Waals surface area contributed by atoms with Crippen LogP contribution < -0.4 is 5.32 Å².